The zero-order valence-corrected chi connectivity index (χ0v) is 10.5. The van der Waals surface area contributed by atoms with E-state index >= 15 is 0 Å². The molecule has 16 heavy (non-hydrogen) atoms. The van der Waals surface area contributed by atoms with E-state index in [-0.39, 0.29) is 0 Å². The molecule has 4 heteroatoms. The van der Waals surface area contributed by atoms with E-state index in [9.17, 15) is 0 Å². The van der Waals surface area contributed by atoms with E-state index in [0.717, 1.165) is 36.5 Å². The summed E-state index contributed by atoms with van der Waals surface area (Å²) < 4.78 is 5.82. The van der Waals surface area contributed by atoms with Crippen LogP contribution in [0, 0.1) is 0 Å². The summed E-state index contributed by atoms with van der Waals surface area (Å²) in [5.41, 5.74) is 0.965. The molecule has 1 fully saturated rings. The molecule has 1 aliphatic rings. The minimum atomic E-state index is 0.344. The maximum Gasteiger partial charge on any atom is 0.0735 e. The lowest BCUT2D eigenvalue weighted by Gasteiger charge is -2.23. The number of piperidine rings is 1. The van der Waals surface area contributed by atoms with E-state index in [4.69, 9.17) is 27.9 Å². The van der Waals surface area contributed by atoms with Crippen molar-refractivity contribution in [3.05, 3.63) is 33.8 Å². The fraction of sp³-hybridized carbons (Fsp3) is 0.500. The normalized spacial score (nSPS) is 17.6. The smallest absolute Gasteiger partial charge is 0.0735 e. The Morgan fingerprint density at radius 2 is 2.00 bits per heavy atom. The van der Waals surface area contributed by atoms with Crippen LogP contribution in [0.3, 0.4) is 0 Å². The Hall–Kier alpha value is -0.280. The predicted octanol–water partition coefficient (Wildman–Crippen LogP) is 3.26. The van der Waals surface area contributed by atoms with Crippen LogP contribution in [-0.4, -0.2) is 19.2 Å². The monoisotopic (exact) mass is 259 g/mol. The van der Waals surface area contributed by atoms with Gasteiger partial charge in [-0.3, -0.25) is 0 Å². The summed E-state index contributed by atoms with van der Waals surface area (Å²) in [5, 5.41) is 4.73. The highest BCUT2D eigenvalue weighted by atomic mass is 35.5. The molecule has 0 radical (unpaired) electrons. The van der Waals surface area contributed by atoms with Gasteiger partial charge in [-0.25, -0.2) is 0 Å². The Balaban J connectivity index is 1.90. The van der Waals surface area contributed by atoms with Crippen LogP contribution in [0.5, 0.6) is 0 Å². The molecule has 1 aromatic rings. The lowest BCUT2D eigenvalue weighted by molar-refractivity contribution is 0.0213. The molecule has 0 saturated carbocycles. The minimum absolute atomic E-state index is 0.344. The Kier molecular flexibility index (Phi) is 4.47. The molecule has 0 aliphatic carbocycles. The fourth-order valence-electron chi connectivity index (χ4n) is 1.82. The lowest BCUT2D eigenvalue weighted by Crippen LogP contribution is -2.32. The van der Waals surface area contributed by atoms with Gasteiger partial charge in [0.1, 0.15) is 0 Å². The second-order valence-corrected chi connectivity index (χ2v) is 4.84. The maximum atomic E-state index is 6.06. The summed E-state index contributed by atoms with van der Waals surface area (Å²) in [7, 11) is 0. The first-order valence-corrected chi connectivity index (χ1v) is 6.27. The van der Waals surface area contributed by atoms with Gasteiger partial charge in [0.2, 0.25) is 0 Å². The molecule has 0 spiro atoms. The summed E-state index contributed by atoms with van der Waals surface area (Å²) in [5.74, 6) is 0. The highest BCUT2D eigenvalue weighted by molar-refractivity contribution is 6.33. The number of rotatable bonds is 3. The van der Waals surface area contributed by atoms with Gasteiger partial charge < -0.3 is 10.1 Å². The molecule has 88 valence electrons. The van der Waals surface area contributed by atoms with Gasteiger partial charge in [0, 0.05) is 10.0 Å². The molecule has 1 aliphatic heterocycles. The Labute approximate surface area is 106 Å². The maximum absolute atomic E-state index is 6.06. The molecule has 1 saturated heterocycles. The molecule has 2 nitrogen and oxygen atoms in total. The predicted molar refractivity (Wildman–Crippen MR) is 67.1 cm³/mol. The molecule has 1 heterocycles. The number of nitrogens with one attached hydrogen (secondary N) is 1. The number of ether oxygens (including phenoxy) is 1. The largest absolute Gasteiger partial charge is 0.373 e. The number of hydrogen-bond acceptors (Lipinski definition) is 2. The average molecular weight is 260 g/mol. The second kappa shape index (κ2) is 5.87. The van der Waals surface area contributed by atoms with E-state index in [1.165, 1.54) is 0 Å². The zero-order valence-electron chi connectivity index (χ0n) is 9.01. The molecule has 0 atom stereocenters. The topological polar surface area (TPSA) is 21.3 Å². The third kappa shape index (κ3) is 3.36. The van der Waals surface area contributed by atoms with Crippen molar-refractivity contribution in [1.29, 1.82) is 0 Å². The molecular weight excluding hydrogens is 245 g/mol. The van der Waals surface area contributed by atoms with E-state index in [0.29, 0.717) is 17.7 Å². The summed E-state index contributed by atoms with van der Waals surface area (Å²) in [6.45, 7) is 2.62. The third-order valence-electron chi connectivity index (χ3n) is 2.77. The lowest BCUT2D eigenvalue weighted by atomic mass is 10.1. The van der Waals surface area contributed by atoms with Gasteiger partial charge in [-0.05, 0) is 49.7 Å². The Morgan fingerprint density at radius 1 is 1.25 bits per heavy atom. The molecule has 1 N–H and O–H groups in total. The quantitative estimate of drug-likeness (QED) is 0.900. The van der Waals surface area contributed by atoms with Crippen molar-refractivity contribution >= 4 is 23.2 Å². The third-order valence-corrected chi connectivity index (χ3v) is 3.37. The standard InChI is InChI=1S/C12H15Cl2NO/c13-10-1-2-12(14)9(7-10)8-16-11-3-5-15-6-4-11/h1-2,7,11,15H,3-6,8H2. The van der Waals surface area contributed by atoms with Crippen molar-refractivity contribution in [3.63, 3.8) is 0 Å². The van der Waals surface area contributed by atoms with Gasteiger partial charge >= 0.3 is 0 Å². The zero-order chi connectivity index (χ0) is 11.4. The first-order valence-electron chi connectivity index (χ1n) is 5.52. The van der Waals surface area contributed by atoms with Crippen LogP contribution >= 0.6 is 23.2 Å². The molecule has 0 amide bonds. The first-order chi connectivity index (χ1) is 7.75. The van der Waals surface area contributed by atoms with E-state index in [1.54, 1.807) is 6.07 Å². The van der Waals surface area contributed by atoms with Crippen molar-refractivity contribution in [3.8, 4) is 0 Å². The van der Waals surface area contributed by atoms with E-state index in [2.05, 4.69) is 5.32 Å². The molecule has 0 bridgehead atoms. The van der Waals surface area contributed by atoms with Crippen LogP contribution in [-0.2, 0) is 11.3 Å². The van der Waals surface area contributed by atoms with Crippen molar-refractivity contribution in [1.82, 2.24) is 5.32 Å². The summed E-state index contributed by atoms with van der Waals surface area (Å²) in [6, 6.07) is 5.47. The highest BCUT2D eigenvalue weighted by Crippen LogP contribution is 2.22. The molecule has 2 rings (SSSR count). The van der Waals surface area contributed by atoms with Gasteiger partial charge in [-0.1, -0.05) is 23.2 Å². The molecule has 1 aromatic carbocycles. The average Bonchev–Trinajstić information content (AvgIpc) is 2.32. The SMILES string of the molecule is Clc1ccc(Cl)c(COC2CCNCC2)c1. The van der Waals surface area contributed by atoms with Gasteiger partial charge in [0.15, 0.2) is 0 Å². The minimum Gasteiger partial charge on any atom is -0.373 e. The second-order valence-electron chi connectivity index (χ2n) is 4.00. The first kappa shape index (κ1) is 12.2. The van der Waals surface area contributed by atoms with Crippen LogP contribution in [0.2, 0.25) is 10.0 Å². The molecular formula is C12H15Cl2NO. The summed E-state index contributed by atoms with van der Waals surface area (Å²) in [6.07, 6.45) is 2.48. The Bertz CT molecular complexity index is 351. The van der Waals surface area contributed by atoms with Crippen molar-refractivity contribution < 1.29 is 4.74 Å². The number of benzene rings is 1. The van der Waals surface area contributed by atoms with Crippen LogP contribution in [0.4, 0.5) is 0 Å². The van der Waals surface area contributed by atoms with Gasteiger partial charge in [0.25, 0.3) is 0 Å². The summed E-state index contributed by atoms with van der Waals surface area (Å²) >= 11 is 12.0. The van der Waals surface area contributed by atoms with Crippen LogP contribution in [0.25, 0.3) is 0 Å². The van der Waals surface area contributed by atoms with Crippen molar-refractivity contribution in [2.24, 2.45) is 0 Å². The Morgan fingerprint density at radius 3 is 2.75 bits per heavy atom. The van der Waals surface area contributed by atoms with Gasteiger partial charge in [-0.2, -0.15) is 0 Å². The van der Waals surface area contributed by atoms with E-state index in [1.807, 2.05) is 12.1 Å². The number of hydrogen-bond donors (Lipinski definition) is 1. The fourth-order valence-corrected chi connectivity index (χ4v) is 2.19. The van der Waals surface area contributed by atoms with Crippen molar-refractivity contribution in [2.45, 2.75) is 25.6 Å². The van der Waals surface area contributed by atoms with E-state index < -0.39 is 0 Å². The van der Waals surface area contributed by atoms with Crippen molar-refractivity contribution in [2.75, 3.05) is 13.1 Å². The van der Waals surface area contributed by atoms with Crippen LogP contribution in [0.1, 0.15) is 18.4 Å². The van der Waals surface area contributed by atoms with Crippen LogP contribution < -0.4 is 5.32 Å². The van der Waals surface area contributed by atoms with Crippen LogP contribution in [0.15, 0.2) is 18.2 Å². The van der Waals surface area contributed by atoms with Gasteiger partial charge in [0.05, 0.1) is 12.7 Å². The number of halogens is 2. The molecule has 0 aromatic heterocycles. The summed E-state index contributed by atoms with van der Waals surface area (Å²) in [4.78, 5) is 0. The van der Waals surface area contributed by atoms with Gasteiger partial charge in [-0.15, -0.1) is 0 Å². The highest BCUT2D eigenvalue weighted by Gasteiger charge is 2.13. The molecule has 0 unspecified atom stereocenters.